The molecule has 1 aliphatic rings. The van der Waals surface area contributed by atoms with Crippen LogP contribution in [0.5, 0.6) is 0 Å². The lowest BCUT2D eigenvalue weighted by molar-refractivity contribution is 0.0706. The normalized spacial score (nSPS) is 16.3. The molecule has 1 atom stereocenters. The van der Waals surface area contributed by atoms with Gasteiger partial charge in [-0.3, -0.25) is 9.59 Å². The van der Waals surface area contributed by atoms with E-state index >= 15 is 0 Å². The lowest BCUT2D eigenvalue weighted by Gasteiger charge is -2.31. The molecule has 1 aromatic heterocycles. The van der Waals surface area contributed by atoms with Gasteiger partial charge in [0.1, 0.15) is 10.8 Å². The van der Waals surface area contributed by atoms with Crippen molar-refractivity contribution in [2.75, 3.05) is 18.4 Å². The minimum absolute atomic E-state index is 0.0159. The molecule has 1 fully saturated rings. The molecule has 6 nitrogen and oxygen atoms in total. The van der Waals surface area contributed by atoms with Gasteiger partial charge in [-0.1, -0.05) is 29.0 Å². The van der Waals surface area contributed by atoms with E-state index in [1.807, 2.05) is 36.1 Å². The van der Waals surface area contributed by atoms with E-state index in [1.54, 1.807) is 0 Å². The summed E-state index contributed by atoms with van der Waals surface area (Å²) in [5.41, 5.74) is 2.23. The van der Waals surface area contributed by atoms with Crippen LogP contribution in [0.2, 0.25) is 0 Å². The largest absolute Gasteiger partial charge is 0.338 e. The van der Waals surface area contributed by atoms with Crippen LogP contribution in [-0.2, 0) is 0 Å². The van der Waals surface area contributed by atoms with Gasteiger partial charge in [0.25, 0.3) is 11.8 Å². The maximum absolute atomic E-state index is 13.0. The standard InChI is InChI=1S/C22H21FN4O2S/c1-14-4-2-5-15(12-14)22(29)27-11-3-6-16(13-27)20-25-26-21(30-20)19(28)24-18-9-7-17(23)8-10-18/h2,4-5,7-10,12,16H,3,6,11,13H2,1H3,(H,24,28). The summed E-state index contributed by atoms with van der Waals surface area (Å²) < 4.78 is 13.0. The number of carbonyl (C=O) groups is 2. The molecule has 154 valence electrons. The first-order chi connectivity index (χ1) is 14.5. The fourth-order valence-corrected chi connectivity index (χ4v) is 4.40. The van der Waals surface area contributed by atoms with E-state index in [0.29, 0.717) is 24.3 Å². The number of hydrogen-bond donors (Lipinski definition) is 1. The molecule has 0 spiro atoms. The molecule has 2 heterocycles. The van der Waals surface area contributed by atoms with E-state index in [0.717, 1.165) is 23.4 Å². The number of aryl methyl sites for hydroxylation is 1. The molecule has 0 aliphatic carbocycles. The Labute approximate surface area is 177 Å². The highest BCUT2D eigenvalue weighted by Gasteiger charge is 2.28. The SMILES string of the molecule is Cc1cccc(C(=O)N2CCCC(c3nnc(C(=O)Nc4ccc(F)cc4)s3)C2)c1. The fraction of sp³-hybridized carbons (Fsp3) is 0.273. The molecule has 30 heavy (non-hydrogen) atoms. The zero-order chi connectivity index (χ0) is 21.1. The van der Waals surface area contributed by atoms with Gasteiger partial charge in [0.15, 0.2) is 0 Å². The van der Waals surface area contributed by atoms with E-state index in [2.05, 4.69) is 15.5 Å². The Morgan fingerprint density at radius 3 is 2.73 bits per heavy atom. The lowest BCUT2D eigenvalue weighted by atomic mass is 9.98. The summed E-state index contributed by atoms with van der Waals surface area (Å²) in [4.78, 5) is 27.1. The Bertz CT molecular complexity index is 1070. The molecule has 4 rings (SSSR count). The van der Waals surface area contributed by atoms with Crippen LogP contribution < -0.4 is 5.32 Å². The van der Waals surface area contributed by atoms with Gasteiger partial charge in [-0.05, 0) is 56.2 Å². The number of anilines is 1. The van der Waals surface area contributed by atoms with Crippen LogP contribution in [0, 0.1) is 12.7 Å². The average Bonchev–Trinajstić information content (AvgIpc) is 3.25. The van der Waals surface area contributed by atoms with Gasteiger partial charge >= 0.3 is 0 Å². The highest BCUT2D eigenvalue weighted by molar-refractivity contribution is 7.13. The zero-order valence-corrected chi connectivity index (χ0v) is 17.3. The predicted molar refractivity (Wildman–Crippen MR) is 113 cm³/mol. The fourth-order valence-electron chi connectivity index (χ4n) is 3.53. The minimum atomic E-state index is -0.381. The third-order valence-corrected chi connectivity index (χ3v) is 6.14. The van der Waals surface area contributed by atoms with Gasteiger partial charge in [-0.2, -0.15) is 0 Å². The van der Waals surface area contributed by atoms with Crippen molar-refractivity contribution in [3.63, 3.8) is 0 Å². The van der Waals surface area contributed by atoms with Crippen molar-refractivity contribution in [3.8, 4) is 0 Å². The average molecular weight is 425 g/mol. The lowest BCUT2D eigenvalue weighted by Crippen LogP contribution is -2.39. The van der Waals surface area contributed by atoms with Crippen molar-refractivity contribution in [1.29, 1.82) is 0 Å². The van der Waals surface area contributed by atoms with Crippen molar-refractivity contribution in [3.05, 3.63) is 75.5 Å². The molecule has 0 bridgehead atoms. The highest BCUT2D eigenvalue weighted by atomic mass is 32.1. The van der Waals surface area contributed by atoms with Gasteiger partial charge in [0.2, 0.25) is 5.01 Å². The molecule has 3 aromatic rings. The zero-order valence-electron chi connectivity index (χ0n) is 16.5. The van der Waals surface area contributed by atoms with Gasteiger partial charge in [-0.25, -0.2) is 4.39 Å². The first-order valence-electron chi connectivity index (χ1n) is 9.76. The molecule has 0 radical (unpaired) electrons. The molecule has 1 aliphatic heterocycles. The molecule has 0 saturated carbocycles. The van der Waals surface area contributed by atoms with Crippen LogP contribution in [0.4, 0.5) is 10.1 Å². The molecule has 1 unspecified atom stereocenters. The highest BCUT2D eigenvalue weighted by Crippen LogP contribution is 2.30. The van der Waals surface area contributed by atoms with E-state index in [1.165, 1.54) is 35.6 Å². The number of halogens is 1. The Morgan fingerprint density at radius 1 is 1.17 bits per heavy atom. The smallest absolute Gasteiger partial charge is 0.286 e. The van der Waals surface area contributed by atoms with Gasteiger partial charge in [0, 0.05) is 30.3 Å². The number of nitrogens with one attached hydrogen (secondary N) is 1. The summed E-state index contributed by atoms with van der Waals surface area (Å²) in [6.07, 6.45) is 1.77. The molecule has 1 saturated heterocycles. The first-order valence-corrected chi connectivity index (χ1v) is 10.6. The second-order valence-corrected chi connectivity index (χ2v) is 8.38. The number of benzene rings is 2. The Hall–Kier alpha value is -3.13. The van der Waals surface area contributed by atoms with Crippen molar-refractivity contribution >= 4 is 28.8 Å². The van der Waals surface area contributed by atoms with Crippen LogP contribution in [0.3, 0.4) is 0 Å². The van der Waals surface area contributed by atoms with Crippen LogP contribution in [-0.4, -0.2) is 40.0 Å². The first kappa shape index (κ1) is 20.2. The monoisotopic (exact) mass is 424 g/mol. The number of amides is 2. The molecule has 1 N–H and O–H groups in total. The van der Waals surface area contributed by atoms with Crippen molar-refractivity contribution in [2.45, 2.75) is 25.7 Å². The van der Waals surface area contributed by atoms with Gasteiger partial charge in [-0.15, -0.1) is 10.2 Å². The summed E-state index contributed by atoms with van der Waals surface area (Å²) in [5.74, 6) is -0.679. The summed E-state index contributed by atoms with van der Waals surface area (Å²) in [6, 6.07) is 13.1. The Balaban J connectivity index is 1.43. The second-order valence-electron chi connectivity index (χ2n) is 7.37. The number of piperidine rings is 1. The van der Waals surface area contributed by atoms with Crippen LogP contribution >= 0.6 is 11.3 Å². The number of aromatic nitrogens is 2. The van der Waals surface area contributed by atoms with Crippen LogP contribution in [0.1, 0.15) is 49.5 Å². The molecule has 8 heteroatoms. The molecular formula is C22H21FN4O2S. The van der Waals surface area contributed by atoms with Crippen LogP contribution in [0.15, 0.2) is 48.5 Å². The number of carbonyl (C=O) groups excluding carboxylic acids is 2. The number of likely N-dealkylation sites (tertiary alicyclic amines) is 1. The Kier molecular flexibility index (Phi) is 5.85. The maximum atomic E-state index is 13.0. The minimum Gasteiger partial charge on any atom is -0.338 e. The summed E-state index contributed by atoms with van der Waals surface area (Å²) >= 11 is 1.24. The van der Waals surface area contributed by atoms with Crippen LogP contribution in [0.25, 0.3) is 0 Å². The quantitative estimate of drug-likeness (QED) is 0.679. The summed E-state index contributed by atoms with van der Waals surface area (Å²) in [5, 5.41) is 11.9. The summed E-state index contributed by atoms with van der Waals surface area (Å²) in [7, 11) is 0. The molecule has 2 amide bonds. The second kappa shape index (κ2) is 8.71. The number of nitrogens with zero attached hydrogens (tertiary/aromatic N) is 3. The topological polar surface area (TPSA) is 75.2 Å². The summed E-state index contributed by atoms with van der Waals surface area (Å²) in [6.45, 7) is 3.23. The number of hydrogen-bond acceptors (Lipinski definition) is 5. The maximum Gasteiger partial charge on any atom is 0.286 e. The van der Waals surface area contributed by atoms with Crippen molar-refractivity contribution < 1.29 is 14.0 Å². The van der Waals surface area contributed by atoms with E-state index in [4.69, 9.17) is 0 Å². The predicted octanol–water partition coefficient (Wildman–Crippen LogP) is 4.26. The molecule has 2 aromatic carbocycles. The van der Waals surface area contributed by atoms with E-state index in [9.17, 15) is 14.0 Å². The van der Waals surface area contributed by atoms with Crippen molar-refractivity contribution in [1.82, 2.24) is 15.1 Å². The van der Waals surface area contributed by atoms with E-state index < -0.39 is 0 Å². The molecular weight excluding hydrogens is 403 g/mol. The van der Waals surface area contributed by atoms with Gasteiger partial charge in [0.05, 0.1) is 0 Å². The third kappa shape index (κ3) is 4.54. The Morgan fingerprint density at radius 2 is 1.97 bits per heavy atom. The van der Waals surface area contributed by atoms with Gasteiger partial charge < -0.3 is 10.2 Å². The van der Waals surface area contributed by atoms with Crippen molar-refractivity contribution in [2.24, 2.45) is 0 Å². The third-order valence-electron chi connectivity index (χ3n) is 5.06. The van der Waals surface area contributed by atoms with E-state index in [-0.39, 0.29) is 28.6 Å². The number of rotatable bonds is 4.